The molecule has 1 aromatic carbocycles. The van der Waals surface area contributed by atoms with Crippen LogP contribution in [0.2, 0.25) is 0 Å². The van der Waals surface area contributed by atoms with Gasteiger partial charge in [-0.2, -0.15) is 9.48 Å². The first-order chi connectivity index (χ1) is 14.2. The van der Waals surface area contributed by atoms with E-state index in [4.69, 9.17) is 10.5 Å². The summed E-state index contributed by atoms with van der Waals surface area (Å²) >= 11 is 0. The van der Waals surface area contributed by atoms with Crippen LogP contribution in [-0.2, 0) is 14.3 Å². The fraction of sp³-hybridized carbons (Fsp3) is 0.300. The zero-order chi connectivity index (χ0) is 22.0. The number of rotatable bonds is 6. The minimum absolute atomic E-state index is 0.262. The van der Waals surface area contributed by atoms with Crippen molar-refractivity contribution in [2.75, 3.05) is 25.5 Å². The molecule has 3 N–H and O–H groups in total. The molecule has 3 rings (SSSR count). The lowest BCUT2D eigenvalue weighted by molar-refractivity contribution is -0.408. The van der Waals surface area contributed by atoms with Crippen LogP contribution < -0.4 is 11.1 Å². The van der Waals surface area contributed by atoms with Gasteiger partial charge in [0.05, 0.1) is 13.7 Å². The predicted octanol–water partition coefficient (Wildman–Crippen LogP) is 0.738. The van der Waals surface area contributed by atoms with Gasteiger partial charge in [0.1, 0.15) is 12.0 Å². The molecule has 156 valence electrons. The number of dihydropyridines is 1. The third-order valence-corrected chi connectivity index (χ3v) is 4.73. The minimum atomic E-state index is -0.889. The monoisotopic (exact) mass is 412 g/mol. The summed E-state index contributed by atoms with van der Waals surface area (Å²) < 4.78 is 6.88. The standard InChI is InChI=1S/C20H21N5O5/c1-4-30-16-11(2)9-22-18-15(16)19(28)25(20(29)24(18)3)10-14(26)23-13-7-5-12(6-8-13)17(21)27/h5-9,15H,4,10H2,1-3H3,(H2-,21,23,26,27)/p+1. The van der Waals surface area contributed by atoms with Crippen molar-refractivity contribution in [1.82, 2.24) is 4.90 Å². The maximum atomic E-state index is 13.1. The molecule has 2 heterocycles. The number of fused-ring (bicyclic) bond motifs is 1. The number of aliphatic imine (C=N–C) groups is 1. The summed E-state index contributed by atoms with van der Waals surface area (Å²) in [5, 5.41) is 2.59. The van der Waals surface area contributed by atoms with E-state index in [0.29, 0.717) is 29.2 Å². The average molecular weight is 412 g/mol. The highest BCUT2D eigenvalue weighted by Gasteiger charge is 2.50. The van der Waals surface area contributed by atoms with Gasteiger partial charge in [0.15, 0.2) is 12.5 Å². The molecule has 0 spiro atoms. The van der Waals surface area contributed by atoms with Crippen LogP contribution >= 0.6 is 0 Å². The third-order valence-electron chi connectivity index (χ3n) is 4.73. The molecule has 0 saturated heterocycles. The van der Waals surface area contributed by atoms with Crippen LogP contribution in [0, 0.1) is 5.92 Å². The van der Waals surface area contributed by atoms with E-state index in [1.807, 2.05) is 0 Å². The minimum Gasteiger partial charge on any atom is -0.496 e. The van der Waals surface area contributed by atoms with Crippen molar-refractivity contribution in [3.8, 4) is 0 Å². The lowest BCUT2D eigenvalue weighted by Gasteiger charge is -2.29. The molecule has 10 nitrogen and oxygen atoms in total. The van der Waals surface area contributed by atoms with Gasteiger partial charge in [0.25, 0.3) is 11.7 Å². The maximum absolute atomic E-state index is 13.1. The number of amidine groups is 1. The Hall–Kier alpha value is -3.82. The Labute approximate surface area is 172 Å². The van der Waals surface area contributed by atoms with Gasteiger partial charge in [0, 0.05) is 16.8 Å². The van der Waals surface area contributed by atoms with Crippen molar-refractivity contribution in [3.05, 3.63) is 41.2 Å². The van der Waals surface area contributed by atoms with Crippen molar-refractivity contribution in [1.29, 1.82) is 0 Å². The van der Waals surface area contributed by atoms with Gasteiger partial charge >= 0.3 is 11.9 Å². The lowest BCUT2D eigenvalue weighted by atomic mass is 9.96. The number of imide groups is 1. The highest BCUT2D eigenvalue weighted by atomic mass is 16.5. The van der Waals surface area contributed by atoms with Crippen molar-refractivity contribution in [2.24, 2.45) is 16.6 Å². The van der Waals surface area contributed by atoms with Crippen LogP contribution in [0.5, 0.6) is 0 Å². The molecule has 0 aromatic heterocycles. The second kappa shape index (κ2) is 8.27. The molecule has 0 radical (unpaired) electrons. The van der Waals surface area contributed by atoms with Gasteiger partial charge in [-0.25, -0.2) is 4.79 Å². The van der Waals surface area contributed by atoms with Gasteiger partial charge < -0.3 is 15.8 Å². The van der Waals surface area contributed by atoms with Crippen LogP contribution in [0.4, 0.5) is 10.5 Å². The van der Waals surface area contributed by atoms with Crippen LogP contribution in [0.1, 0.15) is 24.2 Å². The average Bonchev–Trinajstić information content (AvgIpc) is 2.71. The number of carbonyl (C=O) groups excluding carboxylic acids is 4. The molecule has 2 aliphatic rings. The number of primary amides is 1. The van der Waals surface area contributed by atoms with Crippen LogP contribution in [0.15, 0.2) is 40.6 Å². The van der Waals surface area contributed by atoms with E-state index in [1.165, 1.54) is 35.9 Å². The third kappa shape index (κ3) is 3.84. The van der Waals surface area contributed by atoms with Crippen molar-refractivity contribution in [2.45, 2.75) is 13.8 Å². The summed E-state index contributed by atoms with van der Waals surface area (Å²) in [5.41, 5.74) is 6.56. The van der Waals surface area contributed by atoms with E-state index in [-0.39, 0.29) is 5.84 Å². The number of ether oxygens (including phenoxy) is 1. The van der Waals surface area contributed by atoms with E-state index in [0.717, 1.165) is 4.90 Å². The molecule has 1 aromatic rings. The quantitative estimate of drug-likeness (QED) is 0.665. The number of anilines is 1. The number of nitrogens with zero attached hydrogens (tertiary/aromatic N) is 3. The summed E-state index contributed by atoms with van der Waals surface area (Å²) in [6.45, 7) is 3.42. The molecule has 0 saturated carbocycles. The predicted molar refractivity (Wildman–Crippen MR) is 108 cm³/mol. The number of hydrogen-bond donors (Lipinski definition) is 2. The maximum Gasteiger partial charge on any atom is 0.446 e. The normalized spacial score (nSPS) is 18.5. The first-order valence-electron chi connectivity index (χ1n) is 9.27. The summed E-state index contributed by atoms with van der Waals surface area (Å²) in [7, 11) is 1.49. The zero-order valence-electron chi connectivity index (χ0n) is 16.8. The van der Waals surface area contributed by atoms with Gasteiger partial charge in [-0.15, -0.1) is 4.99 Å². The Balaban J connectivity index is 1.81. The van der Waals surface area contributed by atoms with Crippen molar-refractivity contribution >= 4 is 41.5 Å². The molecule has 0 bridgehead atoms. The molecular formula is C20H22N5O5+. The molecule has 0 fully saturated rings. The number of hydrogen-bond acceptors (Lipinski definition) is 6. The van der Waals surface area contributed by atoms with Gasteiger partial charge in [-0.05, 0) is 38.1 Å². The van der Waals surface area contributed by atoms with E-state index in [2.05, 4.69) is 10.3 Å². The van der Waals surface area contributed by atoms with Crippen LogP contribution in [0.25, 0.3) is 0 Å². The van der Waals surface area contributed by atoms with Crippen LogP contribution in [-0.4, -0.2) is 65.5 Å². The van der Waals surface area contributed by atoms with Gasteiger partial charge in [-0.1, -0.05) is 0 Å². The first-order valence-corrected chi connectivity index (χ1v) is 9.27. The lowest BCUT2D eigenvalue weighted by Crippen LogP contribution is -2.56. The molecule has 30 heavy (non-hydrogen) atoms. The molecular weight excluding hydrogens is 390 g/mol. The molecule has 1 atom stereocenters. The molecule has 5 amide bonds. The second-order valence-electron chi connectivity index (χ2n) is 6.79. The highest BCUT2D eigenvalue weighted by molar-refractivity contribution is 6.17. The molecule has 0 aliphatic carbocycles. The smallest absolute Gasteiger partial charge is 0.446 e. The highest BCUT2D eigenvalue weighted by Crippen LogP contribution is 2.28. The summed E-state index contributed by atoms with van der Waals surface area (Å²) in [5.74, 6) is -1.95. The summed E-state index contributed by atoms with van der Waals surface area (Å²) in [4.78, 5) is 54.5. The molecule has 10 heteroatoms. The Bertz CT molecular complexity index is 1020. The first kappa shape index (κ1) is 20.9. The SMILES string of the molecule is CCOC1=C(C)C=NC2=[N+](C)C(=O)N(CC(=O)Nc3ccc(C(N)=O)cc3)C(=O)C12. The fourth-order valence-electron chi connectivity index (χ4n) is 3.24. The number of benzene rings is 1. The number of carbonyl (C=O) groups is 4. The van der Waals surface area contributed by atoms with E-state index >= 15 is 0 Å². The van der Waals surface area contributed by atoms with E-state index < -0.39 is 36.2 Å². The second-order valence-corrected chi connectivity index (χ2v) is 6.79. The number of urea groups is 1. The summed E-state index contributed by atoms with van der Waals surface area (Å²) in [6.07, 6.45) is 1.55. The topological polar surface area (TPSA) is 134 Å². The fourth-order valence-corrected chi connectivity index (χ4v) is 3.24. The number of nitrogens with one attached hydrogen (secondary N) is 1. The molecule has 1 unspecified atom stereocenters. The summed E-state index contributed by atoms with van der Waals surface area (Å²) in [6, 6.07) is 5.28. The Morgan fingerprint density at radius 3 is 2.53 bits per heavy atom. The van der Waals surface area contributed by atoms with Crippen molar-refractivity contribution in [3.63, 3.8) is 0 Å². The Kier molecular flexibility index (Phi) is 5.77. The Morgan fingerprint density at radius 2 is 1.93 bits per heavy atom. The van der Waals surface area contributed by atoms with Crippen molar-refractivity contribution < 1.29 is 28.5 Å². The number of amides is 5. The number of allylic oxidation sites excluding steroid dienone is 1. The number of nitrogens with two attached hydrogens (primary N) is 1. The largest absolute Gasteiger partial charge is 0.496 e. The zero-order valence-corrected chi connectivity index (χ0v) is 16.8. The van der Waals surface area contributed by atoms with E-state index in [9.17, 15) is 19.2 Å². The van der Waals surface area contributed by atoms with Crippen LogP contribution in [0.3, 0.4) is 0 Å². The van der Waals surface area contributed by atoms with Gasteiger partial charge in [-0.3, -0.25) is 14.4 Å². The Morgan fingerprint density at radius 1 is 1.27 bits per heavy atom. The van der Waals surface area contributed by atoms with Gasteiger partial charge in [0.2, 0.25) is 5.91 Å². The molecule has 2 aliphatic heterocycles. The van der Waals surface area contributed by atoms with E-state index in [1.54, 1.807) is 20.1 Å².